The van der Waals surface area contributed by atoms with E-state index in [0.717, 1.165) is 5.52 Å². The third-order valence-corrected chi connectivity index (χ3v) is 8.69. The predicted octanol–water partition coefficient (Wildman–Crippen LogP) is 2.06. The summed E-state index contributed by atoms with van der Waals surface area (Å²) < 4.78 is 14.0. The number of hydrogen-bond acceptors (Lipinski definition) is 8. The topological polar surface area (TPSA) is 127 Å². The normalized spacial score (nSPS) is 28.6. The van der Waals surface area contributed by atoms with Gasteiger partial charge in [-0.1, -0.05) is 36.4 Å². The van der Waals surface area contributed by atoms with Crippen LogP contribution >= 0.6 is 0 Å². The molecule has 0 radical (unpaired) electrons. The van der Waals surface area contributed by atoms with Crippen LogP contribution in [0.15, 0.2) is 49.6 Å². The lowest BCUT2D eigenvalue weighted by molar-refractivity contribution is -0.162. The second-order valence-corrected chi connectivity index (χ2v) is 10.8. The lowest BCUT2D eigenvalue weighted by Crippen LogP contribution is -2.56. The van der Waals surface area contributed by atoms with Crippen molar-refractivity contribution in [3.8, 4) is 0 Å². The molecule has 5 rings (SSSR count). The van der Waals surface area contributed by atoms with Gasteiger partial charge in [-0.3, -0.25) is 14.4 Å². The Kier molecular flexibility index (Phi) is 7.78. The molecule has 5 atom stereocenters. The summed E-state index contributed by atoms with van der Waals surface area (Å²) >= 11 is 0. The highest BCUT2D eigenvalue weighted by atomic mass is 16.6. The molecule has 11 nitrogen and oxygen atoms in total. The fourth-order valence-electron chi connectivity index (χ4n) is 6.92. The number of esters is 1. The van der Waals surface area contributed by atoms with E-state index in [4.69, 9.17) is 9.47 Å². The summed E-state index contributed by atoms with van der Waals surface area (Å²) in [5.41, 5.74) is -0.626. The van der Waals surface area contributed by atoms with Crippen molar-refractivity contribution < 1.29 is 29.0 Å². The number of allylic oxidation sites excluding steroid dienone is 1. The molecule has 40 heavy (non-hydrogen) atoms. The van der Waals surface area contributed by atoms with Crippen molar-refractivity contribution in [1.29, 1.82) is 0 Å². The lowest BCUT2D eigenvalue weighted by atomic mass is 9.65. The minimum absolute atomic E-state index is 0.0503. The molecule has 1 aromatic heterocycles. The van der Waals surface area contributed by atoms with Gasteiger partial charge in [0.2, 0.25) is 11.8 Å². The number of aliphatic hydroxyl groups is 1. The number of ether oxygens (including phenoxy) is 2. The molecule has 0 aliphatic carbocycles. The number of β-amino-alcohol motifs (C(OH)–C–C–N with tert-alkyl or cyclic N) is 1. The monoisotopic (exact) mass is 551 g/mol. The molecular weight excluding hydrogens is 514 g/mol. The number of carbonyl (C=O) groups is 3. The maximum absolute atomic E-state index is 14.4. The van der Waals surface area contributed by atoms with Crippen molar-refractivity contribution >= 4 is 28.8 Å². The SMILES string of the molecule is C=CCCCOC(=O)[C@@H]1[C@H]2C(=O)N(CCO)C(C(=O)N(CC=C)Cn3nnc4ccccc43)C23CC[C@@]1(CC)O3. The molecule has 4 heterocycles. The van der Waals surface area contributed by atoms with E-state index in [1.54, 1.807) is 21.7 Å². The van der Waals surface area contributed by atoms with Crippen molar-refractivity contribution in [3.05, 3.63) is 49.6 Å². The molecule has 2 unspecified atom stereocenters. The van der Waals surface area contributed by atoms with Crippen LogP contribution in [0, 0.1) is 11.8 Å². The summed E-state index contributed by atoms with van der Waals surface area (Å²) in [6.07, 6.45) is 6.21. The van der Waals surface area contributed by atoms with Crippen molar-refractivity contribution in [1.82, 2.24) is 24.8 Å². The quantitative estimate of drug-likeness (QED) is 0.228. The van der Waals surface area contributed by atoms with Crippen molar-refractivity contribution in [2.75, 3.05) is 26.3 Å². The summed E-state index contributed by atoms with van der Waals surface area (Å²) in [6, 6.07) is 6.43. The van der Waals surface area contributed by atoms with E-state index in [2.05, 4.69) is 23.5 Å². The third kappa shape index (κ3) is 4.32. The van der Waals surface area contributed by atoms with E-state index in [1.165, 1.54) is 4.90 Å². The first-order chi connectivity index (χ1) is 19.4. The Bertz CT molecular complexity index is 1310. The van der Waals surface area contributed by atoms with E-state index < -0.39 is 35.0 Å². The molecule has 2 aromatic rings. The molecular formula is C29H37N5O6. The van der Waals surface area contributed by atoms with Gasteiger partial charge in [-0.15, -0.1) is 18.3 Å². The highest BCUT2D eigenvalue weighted by Gasteiger charge is 2.79. The molecule has 3 fully saturated rings. The van der Waals surface area contributed by atoms with Crippen LogP contribution in [0.4, 0.5) is 0 Å². The van der Waals surface area contributed by atoms with Crippen LogP contribution in [0.3, 0.4) is 0 Å². The van der Waals surface area contributed by atoms with Gasteiger partial charge in [0.1, 0.15) is 29.7 Å². The van der Waals surface area contributed by atoms with E-state index >= 15 is 0 Å². The number of unbranched alkanes of at least 4 members (excludes halogenated alkanes) is 1. The van der Waals surface area contributed by atoms with Crippen molar-refractivity contribution in [3.63, 3.8) is 0 Å². The van der Waals surface area contributed by atoms with Gasteiger partial charge in [0.15, 0.2) is 0 Å². The van der Waals surface area contributed by atoms with E-state index in [1.807, 2.05) is 31.2 Å². The molecule has 214 valence electrons. The number of aromatic nitrogens is 3. The number of aliphatic hydroxyl groups excluding tert-OH is 1. The highest BCUT2D eigenvalue weighted by molar-refractivity contribution is 5.98. The first-order valence-electron chi connectivity index (χ1n) is 13.9. The molecule has 3 saturated heterocycles. The van der Waals surface area contributed by atoms with Crippen LogP contribution in [-0.2, 0) is 30.5 Å². The van der Waals surface area contributed by atoms with Crippen LogP contribution in [0.2, 0.25) is 0 Å². The van der Waals surface area contributed by atoms with Crippen LogP contribution in [0.25, 0.3) is 11.0 Å². The highest BCUT2D eigenvalue weighted by Crippen LogP contribution is 2.64. The first kappa shape index (κ1) is 28.0. The number of amides is 2. The fraction of sp³-hybridized carbons (Fsp3) is 0.552. The Morgan fingerprint density at radius 1 is 1.27 bits per heavy atom. The summed E-state index contributed by atoms with van der Waals surface area (Å²) in [6.45, 7) is 9.57. The largest absolute Gasteiger partial charge is 0.465 e. The maximum atomic E-state index is 14.4. The second kappa shape index (κ2) is 11.1. The Labute approximate surface area is 233 Å². The van der Waals surface area contributed by atoms with Gasteiger partial charge >= 0.3 is 5.97 Å². The number of nitrogens with zero attached hydrogens (tertiary/aromatic N) is 5. The summed E-state index contributed by atoms with van der Waals surface area (Å²) in [5, 5.41) is 18.3. The van der Waals surface area contributed by atoms with E-state index in [-0.39, 0.29) is 44.8 Å². The number of likely N-dealkylation sites (tertiary alicyclic amines) is 1. The van der Waals surface area contributed by atoms with Crippen LogP contribution in [0.5, 0.6) is 0 Å². The summed E-state index contributed by atoms with van der Waals surface area (Å²) in [4.78, 5) is 44.8. The molecule has 1 N–H and O–H groups in total. The Morgan fingerprint density at radius 3 is 2.80 bits per heavy atom. The Balaban J connectivity index is 1.49. The molecule has 2 bridgehead atoms. The van der Waals surface area contributed by atoms with Crippen molar-refractivity contribution in [2.24, 2.45) is 11.8 Å². The number of rotatable bonds is 13. The number of hydrogen-bond donors (Lipinski definition) is 1. The number of para-hydroxylation sites is 1. The zero-order chi connectivity index (χ0) is 28.5. The molecule has 2 amide bonds. The molecule has 1 aromatic carbocycles. The van der Waals surface area contributed by atoms with Gasteiger partial charge in [-0.2, -0.15) is 0 Å². The average molecular weight is 552 g/mol. The van der Waals surface area contributed by atoms with Crippen molar-refractivity contribution in [2.45, 2.75) is 62.9 Å². The van der Waals surface area contributed by atoms with Crippen LogP contribution in [-0.4, -0.2) is 91.2 Å². The Morgan fingerprint density at radius 2 is 2.08 bits per heavy atom. The molecule has 3 aliphatic heterocycles. The van der Waals surface area contributed by atoms with Gasteiger partial charge in [-0.25, -0.2) is 4.68 Å². The average Bonchev–Trinajstić information content (AvgIpc) is 3.68. The van der Waals surface area contributed by atoms with E-state index in [9.17, 15) is 19.5 Å². The van der Waals surface area contributed by atoms with Crippen LogP contribution in [0.1, 0.15) is 39.0 Å². The van der Waals surface area contributed by atoms with E-state index in [0.29, 0.717) is 37.6 Å². The Hall–Kier alpha value is -3.57. The lowest BCUT2D eigenvalue weighted by Gasteiger charge is -2.36. The van der Waals surface area contributed by atoms with Gasteiger partial charge in [-0.05, 0) is 44.2 Å². The number of fused-ring (bicyclic) bond motifs is 2. The summed E-state index contributed by atoms with van der Waals surface area (Å²) in [7, 11) is 0. The number of benzene rings is 1. The second-order valence-electron chi connectivity index (χ2n) is 10.8. The van der Waals surface area contributed by atoms with Gasteiger partial charge in [0, 0.05) is 13.1 Å². The molecule has 11 heteroatoms. The molecule has 0 saturated carbocycles. The zero-order valence-corrected chi connectivity index (χ0v) is 22.9. The molecule has 1 spiro atoms. The predicted molar refractivity (Wildman–Crippen MR) is 145 cm³/mol. The van der Waals surface area contributed by atoms with Gasteiger partial charge in [0.25, 0.3) is 0 Å². The maximum Gasteiger partial charge on any atom is 0.312 e. The van der Waals surface area contributed by atoms with Crippen LogP contribution < -0.4 is 0 Å². The minimum Gasteiger partial charge on any atom is -0.465 e. The van der Waals surface area contributed by atoms with Gasteiger partial charge < -0.3 is 24.4 Å². The first-order valence-corrected chi connectivity index (χ1v) is 13.9. The fourth-order valence-corrected chi connectivity index (χ4v) is 6.92. The standard InChI is InChI=1S/C29H37N5O6/c1-4-7-10-18-39-27(38)23-22-25(36)33(16-17-35)24(29(22)14-13-28(23,6-3)40-29)26(37)32(15-5-2)19-34-21-12-9-8-11-20(21)30-31-34/h4-5,8-9,11-12,22-24,35H,1-2,6-7,10,13-19H2,3H3/t22-,23-,24?,28+,29?/m0/s1. The zero-order valence-electron chi connectivity index (χ0n) is 22.9. The number of carbonyl (C=O) groups excluding carboxylic acids is 3. The van der Waals surface area contributed by atoms with Gasteiger partial charge in [0.05, 0.1) is 30.2 Å². The minimum atomic E-state index is -1.20. The third-order valence-electron chi connectivity index (χ3n) is 8.69. The molecule has 3 aliphatic rings. The summed E-state index contributed by atoms with van der Waals surface area (Å²) in [5.74, 6) is -2.88. The smallest absolute Gasteiger partial charge is 0.312 e.